The van der Waals surface area contributed by atoms with Crippen LogP contribution in [-0.2, 0) is 16.0 Å². The number of carbonyl (C=O) groups is 2. The van der Waals surface area contributed by atoms with Gasteiger partial charge in [-0.1, -0.05) is 37.1 Å². The van der Waals surface area contributed by atoms with Crippen molar-refractivity contribution in [2.75, 3.05) is 26.2 Å². The molecule has 0 unspecified atom stereocenters. The fourth-order valence-electron chi connectivity index (χ4n) is 4.01. The molecule has 3 rings (SSSR count). The van der Waals surface area contributed by atoms with E-state index in [1.165, 1.54) is 18.4 Å². The summed E-state index contributed by atoms with van der Waals surface area (Å²) < 4.78 is 0. The Balaban J connectivity index is 1.50. The molecule has 2 heterocycles. The van der Waals surface area contributed by atoms with Crippen LogP contribution in [0.15, 0.2) is 24.3 Å². The first-order valence-electron chi connectivity index (χ1n) is 9.76. The van der Waals surface area contributed by atoms with Gasteiger partial charge in [-0.05, 0) is 43.7 Å². The minimum Gasteiger partial charge on any atom is -0.342 e. The molecular weight excluding hydrogens is 312 g/mol. The lowest BCUT2D eigenvalue weighted by molar-refractivity contribution is -0.140. The molecule has 2 aliphatic heterocycles. The highest BCUT2D eigenvalue weighted by Crippen LogP contribution is 2.22. The van der Waals surface area contributed by atoms with E-state index in [0.29, 0.717) is 12.3 Å². The molecule has 136 valence electrons. The first-order valence-corrected chi connectivity index (χ1v) is 9.76. The van der Waals surface area contributed by atoms with Crippen molar-refractivity contribution in [3.05, 3.63) is 35.4 Å². The zero-order valence-corrected chi connectivity index (χ0v) is 15.4. The standard InChI is InChI=1S/C21H30N2O2/c1-17-8-4-5-9-19(17)16-20(24)22-14-10-18(11-15-22)21(25)23-12-6-2-3-7-13-23/h4-5,8-9,18H,2-3,6-7,10-16H2,1H3. The van der Waals surface area contributed by atoms with Gasteiger partial charge in [-0.3, -0.25) is 9.59 Å². The Bertz CT molecular complexity index is 598. The van der Waals surface area contributed by atoms with Crippen molar-refractivity contribution in [1.29, 1.82) is 0 Å². The smallest absolute Gasteiger partial charge is 0.226 e. The first-order chi connectivity index (χ1) is 12.1. The molecule has 0 spiro atoms. The third kappa shape index (κ3) is 4.62. The molecule has 0 N–H and O–H groups in total. The van der Waals surface area contributed by atoms with Gasteiger partial charge in [0.15, 0.2) is 0 Å². The topological polar surface area (TPSA) is 40.6 Å². The van der Waals surface area contributed by atoms with Gasteiger partial charge >= 0.3 is 0 Å². The van der Waals surface area contributed by atoms with E-state index in [4.69, 9.17) is 0 Å². The third-order valence-corrected chi connectivity index (χ3v) is 5.72. The fourth-order valence-corrected chi connectivity index (χ4v) is 4.01. The van der Waals surface area contributed by atoms with Crippen molar-refractivity contribution in [3.8, 4) is 0 Å². The molecule has 0 aromatic heterocycles. The highest BCUT2D eigenvalue weighted by molar-refractivity contribution is 5.81. The second-order valence-corrected chi connectivity index (χ2v) is 7.50. The predicted octanol–water partition coefficient (Wildman–Crippen LogP) is 3.18. The average Bonchev–Trinajstić information content (AvgIpc) is 2.92. The highest BCUT2D eigenvalue weighted by Gasteiger charge is 2.30. The number of benzene rings is 1. The molecule has 2 fully saturated rings. The van der Waals surface area contributed by atoms with Crippen LogP contribution in [0.4, 0.5) is 0 Å². The summed E-state index contributed by atoms with van der Waals surface area (Å²) >= 11 is 0. The second-order valence-electron chi connectivity index (χ2n) is 7.50. The Hall–Kier alpha value is -1.84. The minimum absolute atomic E-state index is 0.112. The van der Waals surface area contributed by atoms with E-state index in [2.05, 4.69) is 17.9 Å². The van der Waals surface area contributed by atoms with Crippen LogP contribution in [-0.4, -0.2) is 47.8 Å². The number of carbonyl (C=O) groups excluding carboxylic acids is 2. The molecular formula is C21H30N2O2. The number of piperidine rings is 1. The van der Waals surface area contributed by atoms with Crippen LogP contribution in [0.25, 0.3) is 0 Å². The molecule has 1 aromatic carbocycles. The molecule has 2 saturated heterocycles. The van der Waals surface area contributed by atoms with Gasteiger partial charge in [0.1, 0.15) is 0 Å². The van der Waals surface area contributed by atoms with Gasteiger partial charge in [0.05, 0.1) is 6.42 Å². The van der Waals surface area contributed by atoms with Gasteiger partial charge in [-0.15, -0.1) is 0 Å². The summed E-state index contributed by atoms with van der Waals surface area (Å²) in [5.41, 5.74) is 2.28. The summed E-state index contributed by atoms with van der Waals surface area (Å²) in [5, 5.41) is 0. The maximum Gasteiger partial charge on any atom is 0.226 e. The van der Waals surface area contributed by atoms with Crippen molar-refractivity contribution in [2.24, 2.45) is 5.92 Å². The molecule has 0 saturated carbocycles. The molecule has 0 bridgehead atoms. The number of aryl methyl sites for hydroxylation is 1. The van der Waals surface area contributed by atoms with Crippen LogP contribution < -0.4 is 0 Å². The van der Waals surface area contributed by atoms with Crippen LogP contribution in [0.5, 0.6) is 0 Å². The van der Waals surface area contributed by atoms with Gasteiger partial charge in [0.2, 0.25) is 11.8 Å². The number of amides is 2. The number of rotatable bonds is 3. The lowest BCUT2D eigenvalue weighted by atomic mass is 9.94. The first kappa shape index (κ1) is 18.0. The van der Waals surface area contributed by atoms with Crippen LogP contribution in [0, 0.1) is 12.8 Å². The average molecular weight is 342 g/mol. The Morgan fingerprint density at radius 2 is 1.56 bits per heavy atom. The van der Waals surface area contributed by atoms with E-state index in [9.17, 15) is 9.59 Å². The van der Waals surface area contributed by atoms with Crippen molar-refractivity contribution in [3.63, 3.8) is 0 Å². The van der Waals surface area contributed by atoms with Crippen molar-refractivity contribution >= 4 is 11.8 Å². The van der Waals surface area contributed by atoms with Gasteiger partial charge in [0.25, 0.3) is 0 Å². The quantitative estimate of drug-likeness (QED) is 0.846. The Morgan fingerprint density at radius 1 is 0.920 bits per heavy atom. The predicted molar refractivity (Wildman–Crippen MR) is 99.2 cm³/mol. The maximum absolute atomic E-state index is 12.7. The molecule has 0 aliphatic carbocycles. The van der Waals surface area contributed by atoms with Crippen molar-refractivity contribution in [1.82, 2.24) is 9.80 Å². The Morgan fingerprint density at radius 3 is 2.20 bits per heavy atom. The van der Waals surface area contributed by atoms with Crippen LogP contribution in [0.3, 0.4) is 0 Å². The summed E-state index contributed by atoms with van der Waals surface area (Å²) in [6.45, 7) is 5.33. The molecule has 1 aromatic rings. The second kappa shape index (κ2) is 8.50. The molecule has 0 atom stereocenters. The van der Waals surface area contributed by atoms with E-state index < -0.39 is 0 Å². The monoisotopic (exact) mass is 342 g/mol. The summed E-state index contributed by atoms with van der Waals surface area (Å²) in [4.78, 5) is 29.3. The van der Waals surface area contributed by atoms with Crippen molar-refractivity contribution in [2.45, 2.75) is 51.9 Å². The SMILES string of the molecule is Cc1ccccc1CC(=O)N1CCC(C(=O)N2CCCCCC2)CC1. The molecule has 2 aliphatic rings. The van der Waals surface area contributed by atoms with E-state index in [1.54, 1.807) is 0 Å². The highest BCUT2D eigenvalue weighted by atomic mass is 16.2. The fraction of sp³-hybridized carbons (Fsp3) is 0.619. The number of likely N-dealkylation sites (tertiary alicyclic amines) is 2. The van der Waals surface area contributed by atoms with Gasteiger partial charge < -0.3 is 9.80 Å². The molecule has 2 amide bonds. The van der Waals surface area contributed by atoms with Crippen LogP contribution >= 0.6 is 0 Å². The zero-order valence-electron chi connectivity index (χ0n) is 15.4. The Kier molecular flexibility index (Phi) is 6.11. The third-order valence-electron chi connectivity index (χ3n) is 5.72. The minimum atomic E-state index is 0.112. The van der Waals surface area contributed by atoms with Gasteiger partial charge in [0, 0.05) is 32.1 Å². The molecule has 4 nitrogen and oxygen atoms in total. The van der Waals surface area contributed by atoms with Crippen molar-refractivity contribution < 1.29 is 9.59 Å². The lowest BCUT2D eigenvalue weighted by Crippen LogP contribution is -2.45. The number of nitrogens with zero attached hydrogens (tertiary/aromatic N) is 2. The molecule has 4 heteroatoms. The summed E-state index contributed by atoms with van der Waals surface area (Å²) in [7, 11) is 0. The van der Waals surface area contributed by atoms with Gasteiger partial charge in [-0.25, -0.2) is 0 Å². The zero-order chi connectivity index (χ0) is 17.6. The van der Waals surface area contributed by atoms with Crippen LogP contribution in [0.2, 0.25) is 0 Å². The van der Waals surface area contributed by atoms with E-state index in [-0.39, 0.29) is 11.8 Å². The van der Waals surface area contributed by atoms with Gasteiger partial charge in [-0.2, -0.15) is 0 Å². The number of hydrogen-bond donors (Lipinski definition) is 0. The van der Waals surface area contributed by atoms with Crippen LogP contribution in [0.1, 0.15) is 49.7 Å². The lowest BCUT2D eigenvalue weighted by Gasteiger charge is -2.34. The number of hydrogen-bond acceptors (Lipinski definition) is 2. The van der Waals surface area contributed by atoms with E-state index in [0.717, 1.165) is 57.4 Å². The van der Waals surface area contributed by atoms with E-state index in [1.807, 2.05) is 23.1 Å². The summed E-state index contributed by atoms with van der Waals surface area (Å²) in [6.07, 6.45) is 6.87. The normalized spacial score (nSPS) is 19.6. The largest absolute Gasteiger partial charge is 0.342 e. The molecule has 25 heavy (non-hydrogen) atoms. The summed E-state index contributed by atoms with van der Waals surface area (Å²) in [5.74, 6) is 0.628. The summed E-state index contributed by atoms with van der Waals surface area (Å²) in [6, 6.07) is 8.07. The Labute approximate surface area is 151 Å². The molecule has 0 radical (unpaired) electrons. The van der Waals surface area contributed by atoms with E-state index >= 15 is 0 Å². The maximum atomic E-state index is 12.7.